The molecule has 1 saturated heterocycles. The molecule has 0 saturated carbocycles. The van der Waals surface area contributed by atoms with Crippen molar-refractivity contribution < 1.29 is 13.9 Å². The Morgan fingerprint density at radius 3 is 2.44 bits per heavy atom. The average Bonchev–Trinajstić information content (AvgIpc) is 3.47. The van der Waals surface area contributed by atoms with E-state index in [2.05, 4.69) is 17.2 Å². The summed E-state index contributed by atoms with van der Waals surface area (Å²) in [6, 6.07) is 24.9. The van der Waals surface area contributed by atoms with Crippen LogP contribution in [0.4, 0.5) is 9.18 Å². The molecule has 1 atom stereocenters. The van der Waals surface area contributed by atoms with Crippen LogP contribution in [0.15, 0.2) is 85.1 Å². The van der Waals surface area contributed by atoms with Crippen molar-refractivity contribution in [1.29, 1.82) is 0 Å². The molecule has 1 unspecified atom stereocenters. The molecule has 1 aliphatic heterocycles. The molecule has 1 aliphatic rings. The van der Waals surface area contributed by atoms with Gasteiger partial charge >= 0.3 is 6.09 Å². The van der Waals surface area contributed by atoms with Crippen LogP contribution < -0.4 is 5.73 Å². The molecular formula is C27H25FN4O2. The van der Waals surface area contributed by atoms with Crippen LogP contribution in [-0.4, -0.2) is 33.5 Å². The van der Waals surface area contributed by atoms with Gasteiger partial charge in [0.25, 0.3) is 0 Å². The number of rotatable bonds is 6. The molecule has 5 rings (SSSR count). The van der Waals surface area contributed by atoms with Crippen LogP contribution in [-0.2, 0) is 11.3 Å². The molecule has 2 heterocycles. The van der Waals surface area contributed by atoms with Crippen LogP contribution >= 0.6 is 0 Å². The highest BCUT2D eigenvalue weighted by Gasteiger charge is 2.29. The second kappa shape index (κ2) is 9.49. The number of hydrogen-bond donors (Lipinski definition) is 1. The number of ether oxygens (including phenoxy) is 1. The number of carbonyl (C=O) groups excluding carboxylic acids is 1. The third-order valence-corrected chi connectivity index (χ3v) is 6.12. The number of carbonyl (C=O) groups is 1. The van der Waals surface area contributed by atoms with Gasteiger partial charge in [-0.2, -0.15) is 5.10 Å². The molecule has 1 amide bonds. The summed E-state index contributed by atoms with van der Waals surface area (Å²) in [6.07, 6.45) is 2.18. The molecule has 0 aliphatic carbocycles. The third-order valence-electron chi connectivity index (χ3n) is 6.12. The van der Waals surface area contributed by atoms with Crippen molar-refractivity contribution in [1.82, 2.24) is 14.7 Å². The summed E-state index contributed by atoms with van der Waals surface area (Å²) in [4.78, 5) is 13.3. The number of benzene rings is 3. The Morgan fingerprint density at radius 1 is 1.00 bits per heavy atom. The molecule has 2 N–H and O–H groups in total. The van der Waals surface area contributed by atoms with Crippen molar-refractivity contribution in [2.24, 2.45) is 5.73 Å². The van der Waals surface area contributed by atoms with E-state index in [1.807, 2.05) is 53.4 Å². The molecular weight excluding hydrogens is 431 g/mol. The van der Waals surface area contributed by atoms with Crippen molar-refractivity contribution >= 4 is 6.09 Å². The molecule has 1 aromatic heterocycles. The minimum Gasteiger partial charge on any atom is -0.430 e. The fourth-order valence-corrected chi connectivity index (χ4v) is 4.52. The lowest BCUT2D eigenvalue weighted by Gasteiger charge is -2.23. The van der Waals surface area contributed by atoms with E-state index in [-0.39, 0.29) is 12.0 Å². The van der Waals surface area contributed by atoms with Crippen molar-refractivity contribution in [2.45, 2.75) is 25.6 Å². The Balaban J connectivity index is 1.53. The maximum atomic E-state index is 14.9. The van der Waals surface area contributed by atoms with E-state index in [0.29, 0.717) is 24.2 Å². The highest BCUT2D eigenvalue weighted by molar-refractivity contribution is 5.68. The van der Waals surface area contributed by atoms with E-state index in [1.54, 1.807) is 23.0 Å². The van der Waals surface area contributed by atoms with Gasteiger partial charge in [-0.25, -0.2) is 13.9 Å². The summed E-state index contributed by atoms with van der Waals surface area (Å²) in [7, 11) is 0. The van der Waals surface area contributed by atoms with Gasteiger partial charge in [0.15, 0.2) is 6.23 Å². The zero-order valence-corrected chi connectivity index (χ0v) is 18.6. The average molecular weight is 457 g/mol. The molecule has 3 aromatic carbocycles. The van der Waals surface area contributed by atoms with Gasteiger partial charge in [0, 0.05) is 24.2 Å². The van der Waals surface area contributed by atoms with E-state index in [9.17, 15) is 9.18 Å². The minimum atomic E-state index is -0.791. The van der Waals surface area contributed by atoms with Crippen LogP contribution in [0.3, 0.4) is 0 Å². The van der Waals surface area contributed by atoms with E-state index in [4.69, 9.17) is 10.5 Å². The standard InChI is InChI=1S/C27H25FN4O2/c28-24-10-5-4-9-23(24)26-21(18-31-16-6-11-25(31)34-27(29)33)17-30-32(26)22-14-12-20(13-15-22)19-7-2-1-3-8-19/h1-5,7-10,12-15,17,25H,6,11,16,18H2,(H2,29,33). The molecule has 0 bridgehead atoms. The normalized spacial score (nSPS) is 16.0. The van der Waals surface area contributed by atoms with Crippen LogP contribution in [0, 0.1) is 5.82 Å². The van der Waals surface area contributed by atoms with Crippen molar-refractivity contribution in [3.05, 3.63) is 96.4 Å². The van der Waals surface area contributed by atoms with E-state index in [0.717, 1.165) is 35.3 Å². The molecule has 172 valence electrons. The fourth-order valence-electron chi connectivity index (χ4n) is 4.52. The Labute approximate surface area is 197 Å². The van der Waals surface area contributed by atoms with Gasteiger partial charge in [0.1, 0.15) is 5.82 Å². The molecule has 6 nitrogen and oxygen atoms in total. The maximum Gasteiger partial charge on any atom is 0.406 e. The largest absolute Gasteiger partial charge is 0.430 e. The van der Waals surface area contributed by atoms with Gasteiger partial charge in [-0.05, 0) is 48.2 Å². The maximum absolute atomic E-state index is 14.9. The monoisotopic (exact) mass is 456 g/mol. The topological polar surface area (TPSA) is 73.4 Å². The van der Waals surface area contributed by atoms with Crippen molar-refractivity contribution in [3.8, 4) is 28.1 Å². The van der Waals surface area contributed by atoms with Crippen LogP contribution in [0.1, 0.15) is 18.4 Å². The number of halogens is 1. The van der Waals surface area contributed by atoms with Gasteiger partial charge in [-0.15, -0.1) is 0 Å². The third kappa shape index (κ3) is 4.43. The predicted molar refractivity (Wildman–Crippen MR) is 128 cm³/mol. The van der Waals surface area contributed by atoms with Crippen LogP contribution in [0.5, 0.6) is 0 Å². The number of aromatic nitrogens is 2. The van der Waals surface area contributed by atoms with Gasteiger partial charge in [0.05, 0.1) is 17.6 Å². The summed E-state index contributed by atoms with van der Waals surface area (Å²) >= 11 is 0. The quantitative estimate of drug-likeness (QED) is 0.424. The first-order chi connectivity index (χ1) is 16.6. The first-order valence-electron chi connectivity index (χ1n) is 11.3. The molecule has 7 heteroatoms. The lowest BCUT2D eigenvalue weighted by Crippen LogP contribution is -2.34. The Bertz CT molecular complexity index is 1290. The lowest BCUT2D eigenvalue weighted by atomic mass is 10.0. The van der Waals surface area contributed by atoms with Gasteiger partial charge < -0.3 is 10.5 Å². The van der Waals surface area contributed by atoms with E-state index in [1.165, 1.54) is 6.07 Å². The smallest absolute Gasteiger partial charge is 0.406 e. The van der Waals surface area contributed by atoms with E-state index >= 15 is 0 Å². The second-order valence-corrected chi connectivity index (χ2v) is 8.33. The summed E-state index contributed by atoms with van der Waals surface area (Å²) in [6.45, 7) is 1.22. The van der Waals surface area contributed by atoms with Gasteiger partial charge in [-0.3, -0.25) is 4.90 Å². The highest BCUT2D eigenvalue weighted by atomic mass is 19.1. The van der Waals surface area contributed by atoms with Crippen molar-refractivity contribution in [2.75, 3.05) is 6.54 Å². The Morgan fingerprint density at radius 2 is 1.71 bits per heavy atom. The second-order valence-electron chi connectivity index (χ2n) is 8.33. The minimum absolute atomic E-state index is 0.322. The molecule has 1 fully saturated rings. The van der Waals surface area contributed by atoms with Gasteiger partial charge in [0.2, 0.25) is 0 Å². The molecule has 0 radical (unpaired) electrons. The Hall–Kier alpha value is -3.97. The number of primary amides is 1. The number of likely N-dealkylation sites (tertiary alicyclic amines) is 1. The first-order valence-corrected chi connectivity index (χ1v) is 11.3. The summed E-state index contributed by atoms with van der Waals surface area (Å²) in [5.74, 6) is -0.322. The SMILES string of the molecule is NC(=O)OC1CCCN1Cc1cnn(-c2ccc(-c3ccccc3)cc2)c1-c1ccccc1F. The highest BCUT2D eigenvalue weighted by Crippen LogP contribution is 2.32. The molecule has 4 aromatic rings. The van der Waals surface area contributed by atoms with E-state index < -0.39 is 6.09 Å². The molecule has 0 spiro atoms. The predicted octanol–water partition coefficient (Wildman–Crippen LogP) is 5.36. The summed E-state index contributed by atoms with van der Waals surface area (Å²) in [5, 5.41) is 4.63. The Kier molecular flexibility index (Phi) is 6.10. The zero-order valence-electron chi connectivity index (χ0n) is 18.6. The van der Waals surface area contributed by atoms with Crippen LogP contribution in [0.2, 0.25) is 0 Å². The van der Waals surface area contributed by atoms with Crippen LogP contribution in [0.25, 0.3) is 28.1 Å². The number of amides is 1. The van der Waals surface area contributed by atoms with Gasteiger partial charge in [-0.1, -0.05) is 54.6 Å². The molecule has 34 heavy (non-hydrogen) atoms. The number of nitrogens with two attached hydrogens (primary N) is 1. The summed E-state index contributed by atoms with van der Waals surface area (Å²) < 4.78 is 22.0. The number of hydrogen-bond acceptors (Lipinski definition) is 4. The summed E-state index contributed by atoms with van der Waals surface area (Å²) in [5.41, 5.74) is 10.3. The first kappa shape index (κ1) is 21.9. The fraction of sp³-hybridized carbons (Fsp3) is 0.185. The van der Waals surface area contributed by atoms with Crippen molar-refractivity contribution in [3.63, 3.8) is 0 Å². The lowest BCUT2D eigenvalue weighted by molar-refractivity contribution is 0.0139. The zero-order chi connectivity index (χ0) is 23.5. The number of nitrogens with zero attached hydrogens (tertiary/aromatic N) is 3.